The van der Waals surface area contributed by atoms with E-state index in [-0.39, 0.29) is 5.75 Å². The van der Waals surface area contributed by atoms with Crippen molar-refractivity contribution in [2.75, 3.05) is 0 Å². The molecule has 0 atom stereocenters. The van der Waals surface area contributed by atoms with E-state index in [1.807, 2.05) is 19.1 Å². The van der Waals surface area contributed by atoms with Crippen LogP contribution < -0.4 is 0 Å². The van der Waals surface area contributed by atoms with Gasteiger partial charge in [0.15, 0.2) is 0 Å². The van der Waals surface area contributed by atoms with Gasteiger partial charge in [0.2, 0.25) is 0 Å². The Balaban J connectivity index is 3.03. The van der Waals surface area contributed by atoms with E-state index in [0.717, 1.165) is 18.4 Å². The molecule has 0 unspecified atom stereocenters. The molecule has 1 aromatic carbocycles. The summed E-state index contributed by atoms with van der Waals surface area (Å²) in [6.45, 7) is 1.94. The second-order valence-corrected chi connectivity index (χ2v) is 5.18. The molecule has 18 heavy (non-hydrogen) atoms. The summed E-state index contributed by atoms with van der Waals surface area (Å²) >= 11 is 5.39. The summed E-state index contributed by atoms with van der Waals surface area (Å²) in [4.78, 5) is 11.1. The molecule has 0 heterocycles. The summed E-state index contributed by atoms with van der Waals surface area (Å²) in [5.41, 5.74) is 1.93. The van der Waals surface area contributed by atoms with E-state index in [2.05, 4.69) is 0 Å². The van der Waals surface area contributed by atoms with Crippen molar-refractivity contribution < 1.29 is 13.2 Å². The van der Waals surface area contributed by atoms with Crippen molar-refractivity contribution in [3.05, 3.63) is 47.0 Å². The Bertz CT molecular complexity index is 525. The Morgan fingerprint density at radius 3 is 2.61 bits per heavy atom. The molecule has 0 N–H and O–H groups in total. The van der Waals surface area contributed by atoms with Crippen molar-refractivity contribution in [2.24, 2.45) is 0 Å². The standard InChI is InChI=1S/C13H15ClO3S/c1-2-3-4-5-10-6-7-11(13(14)15)8-12(10)9-18(16)17/h2-3,6-8,18H,4-5,9H2,1H3. The van der Waals surface area contributed by atoms with Crippen molar-refractivity contribution in [2.45, 2.75) is 25.5 Å². The lowest BCUT2D eigenvalue weighted by atomic mass is 10.0. The van der Waals surface area contributed by atoms with Gasteiger partial charge in [-0.2, -0.15) is 0 Å². The zero-order valence-electron chi connectivity index (χ0n) is 10.1. The van der Waals surface area contributed by atoms with Crippen molar-refractivity contribution in [3.63, 3.8) is 0 Å². The van der Waals surface area contributed by atoms with Crippen LogP contribution in [0.4, 0.5) is 0 Å². The first kappa shape index (κ1) is 14.9. The third kappa shape index (κ3) is 4.63. The average molecular weight is 287 g/mol. The molecular weight excluding hydrogens is 272 g/mol. The van der Waals surface area contributed by atoms with Gasteiger partial charge in [0.1, 0.15) is 10.7 Å². The van der Waals surface area contributed by atoms with Crippen LogP contribution in [0.3, 0.4) is 0 Å². The number of benzene rings is 1. The molecule has 0 amide bonds. The summed E-state index contributed by atoms with van der Waals surface area (Å²) in [6, 6.07) is 4.96. The number of halogens is 1. The summed E-state index contributed by atoms with van der Waals surface area (Å²) in [5.74, 6) is -0.0570. The lowest BCUT2D eigenvalue weighted by molar-refractivity contribution is 0.108. The van der Waals surface area contributed by atoms with E-state index in [4.69, 9.17) is 11.6 Å². The minimum atomic E-state index is -2.52. The van der Waals surface area contributed by atoms with E-state index < -0.39 is 15.9 Å². The molecule has 0 aliphatic carbocycles. The highest BCUT2D eigenvalue weighted by molar-refractivity contribution is 7.71. The average Bonchev–Trinajstić information content (AvgIpc) is 2.30. The fraction of sp³-hybridized carbons (Fsp3) is 0.308. The zero-order chi connectivity index (χ0) is 13.5. The van der Waals surface area contributed by atoms with Crippen LogP contribution in [0.25, 0.3) is 0 Å². The molecule has 98 valence electrons. The molecule has 0 fully saturated rings. The predicted octanol–water partition coefficient (Wildman–Crippen LogP) is 2.69. The highest BCUT2D eigenvalue weighted by Gasteiger charge is 2.08. The highest BCUT2D eigenvalue weighted by atomic mass is 35.5. The minimum absolute atomic E-state index is 0.0570. The predicted molar refractivity (Wildman–Crippen MR) is 73.8 cm³/mol. The molecule has 0 saturated carbocycles. The SMILES string of the molecule is CC=CCCc1ccc(C(=O)Cl)cc1C[SH](=O)=O. The van der Waals surface area contributed by atoms with Crippen LogP contribution in [0.1, 0.15) is 34.8 Å². The molecule has 0 aliphatic heterocycles. The van der Waals surface area contributed by atoms with Gasteiger partial charge in [0.05, 0.1) is 5.75 Å². The molecule has 0 aromatic heterocycles. The van der Waals surface area contributed by atoms with Crippen LogP contribution >= 0.6 is 11.6 Å². The second-order valence-electron chi connectivity index (χ2n) is 3.86. The van der Waals surface area contributed by atoms with E-state index >= 15 is 0 Å². The number of hydrogen-bond donors (Lipinski definition) is 1. The molecule has 0 spiro atoms. The quantitative estimate of drug-likeness (QED) is 0.497. The maximum atomic E-state index is 11.1. The highest BCUT2D eigenvalue weighted by Crippen LogP contribution is 2.17. The lowest BCUT2D eigenvalue weighted by Crippen LogP contribution is -1.99. The van der Waals surface area contributed by atoms with Crippen molar-refractivity contribution in [3.8, 4) is 0 Å². The third-order valence-corrected chi connectivity index (χ3v) is 3.37. The fourth-order valence-corrected chi connectivity index (χ4v) is 2.37. The van der Waals surface area contributed by atoms with E-state index in [9.17, 15) is 13.2 Å². The Hall–Kier alpha value is -1.13. The Labute approximate surface area is 113 Å². The van der Waals surface area contributed by atoms with Crippen LogP contribution in [-0.4, -0.2) is 13.7 Å². The number of thiol groups is 1. The van der Waals surface area contributed by atoms with Crippen LogP contribution in [0.5, 0.6) is 0 Å². The van der Waals surface area contributed by atoms with Crippen LogP contribution in [0.15, 0.2) is 30.4 Å². The third-order valence-electron chi connectivity index (χ3n) is 2.55. The van der Waals surface area contributed by atoms with Crippen LogP contribution in [-0.2, 0) is 22.9 Å². The molecule has 0 radical (unpaired) electrons. The normalized spacial score (nSPS) is 11.3. The first-order valence-electron chi connectivity index (χ1n) is 5.59. The molecule has 1 aromatic rings. The van der Waals surface area contributed by atoms with Gasteiger partial charge in [-0.3, -0.25) is 4.79 Å². The molecule has 0 aliphatic rings. The number of aryl methyl sites for hydroxylation is 1. The smallest absolute Gasteiger partial charge is 0.252 e. The lowest BCUT2D eigenvalue weighted by Gasteiger charge is -2.07. The first-order valence-corrected chi connectivity index (χ1v) is 7.33. The van der Waals surface area contributed by atoms with Crippen LogP contribution in [0, 0.1) is 0 Å². The van der Waals surface area contributed by atoms with Crippen LogP contribution in [0.2, 0.25) is 0 Å². The number of hydrogen-bond acceptors (Lipinski definition) is 3. The molecule has 0 saturated heterocycles. The zero-order valence-corrected chi connectivity index (χ0v) is 11.7. The van der Waals surface area contributed by atoms with Gasteiger partial charge < -0.3 is 0 Å². The maximum Gasteiger partial charge on any atom is 0.252 e. The fourth-order valence-electron chi connectivity index (χ4n) is 1.68. The van der Waals surface area contributed by atoms with Gasteiger partial charge in [-0.25, -0.2) is 8.42 Å². The monoisotopic (exact) mass is 286 g/mol. The van der Waals surface area contributed by atoms with Crippen molar-refractivity contribution >= 4 is 27.5 Å². The van der Waals surface area contributed by atoms with Gasteiger partial charge in [-0.15, -0.1) is 0 Å². The molecule has 0 bridgehead atoms. The Morgan fingerprint density at radius 2 is 2.06 bits per heavy atom. The van der Waals surface area contributed by atoms with E-state index in [1.54, 1.807) is 18.2 Å². The number of rotatable bonds is 6. The number of carbonyl (C=O) groups excluding carboxylic acids is 1. The van der Waals surface area contributed by atoms with Crippen molar-refractivity contribution in [1.29, 1.82) is 0 Å². The van der Waals surface area contributed by atoms with Gasteiger partial charge in [-0.05, 0) is 54.6 Å². The summed E-state index contributed by atoms with van der Waals surface area (Å²) in [5, 5.41) is -0.572. The van der Waals surface area contributed by atoms with Gasteiger partial charge in [0.25, 0.3) is 5.24 Å². The number of carbonyl (C=O) groups is 1. The molecule has 3 nitrogen and oxygen atoms in total. The number of allylic oxidation sites excluding steroid dienone is 2. The molecule has 1 rings (SSSR count). The van der Waals surface area contributed by atoms with Gasteiger partial charge in [-0.1, -0.05) is 18.2 Å². The van der Waals surface area contributed by atoms with Crippen molar-refractivity contribution in [1.82, 2.24) is 0 Å². The minimum Gasteiger partial charge on any atom is -0.276 e. The molecule has 5 heteroatoms. The maximum absolute atomic E-state index is 11.1. The van der Waals surface area contributed by atoms with Gasteiger partial charge in [0, 0.05) is 5.56 Å². The van der Waals surface area contributed by atoms with Gasteiger partial charge >= 0.3 is 0 Å². The Kier molecular flexibility index (Phi) is 6.09. The first-order chi connectivity index (χ1) is 8.54. The Morgan fingerprint density at radius 1 is 1.33 bits per heavy atom. The summed E-state index contributed by atoms with van der Waals surface area (Å²) in [7, 11) is -2.52. The second kappa shape index (κ2) is 7.34. The summed E-state index contributed by atoms with van der Waals surface area (Å²) < 4.78 is 21.7. The largest absolute Gasteiger partial charge is 0.276 e. The van der Waals surface area contributed by atoms with E-state index in [0.29, 0.717) is 11.1 Å². The summed E-state index contributed by atoms with van der Waals surface area (Å²) in [6.07, 6.45) is 5.55. The topological polar surface area (TPSA) is 51.2 Å². The molecular formula is C13H15ClO3S. The van der Waals surface area contributed by atoms with E-state index in [1.165, 1.54) is 0 Å².